The zero-order chi connectivity index (χ0) is 37.3. The Morgan fingerprint density at radius 3 is 1.60 bits per heavy atom. The number of ketones is 2. The van der Waals surface area contributed by atoms with Crippen LogP contribution in [0.1, 0.15) is 127 Å². The minimum absolute atomic E-state index is 0.00418. The lowest BCUT2D eigenvalue weighted by molar-refractivity contribution is -0.254. The number of hydrogen-bond donors (Lipinski definition) is 3. The summed E-state index contributed by atoms with van der Waals surface area (Å²) in [7, 11) is 0. The van der Waals surface area contributed by atoms with Crippen LogP contribution < -0.4 is 0 Å². The summed E-state index contributed by atoms with van der Waals surface area (Å²) in [6.07, 6.45) is 3.06. The molecule has 2 saturated heterocycles. The average Bonchev–Trinajstić information content (AvgIpc) is 3.18. The Balaban J connectivity index is 1.06. The third kappa shape index (κ3) is 9.79. The van der Waals surface area contributed by atoms with E-state index in [0.29, 0.717) is 71.9 Å². The van der Waals surface area contributed by atoms with Crippen LogP contribution in [0.5, 0.6) is 11.5 Å². The maximum Gasteiger partial charge on any atom is 0.193 e. The number of benzene rings is 4. The van der Waals surface area contributed by atoms with Crippen molar-refractivity contribution in [2.24, 2.45) is 0 Å². The van der Waals surface area contributed by atoms with Crippen molar-refractivity contribution in [3.63, 3.8) is 0 Å². The molecule has 2 fully saturated rings. The van der Waals surface area contributed by atoms with E-state index in [4.69, 9.17) is 18.9 Å². The Bertz CT molecular complexity index is 1810. The summed E-state index contributed by atoms with van der Waals surface area (Å²) in [5, 5.41) is 32.8. The number of carbonyl (C=O) groups excluding carboxylic acids is 2. The smallest absolute Gasteiger partial charge is 0.193 e. The van der Waals surface area contributed by atoms with E-state index in [1.807, 2.05) is 43.3 Å². The molecule has 0 amide bonds. The summed E-state index contributed by atoms with van der Waals surface area (Å²) >= 11 is 0. The van der Waals surface area contributed by atoms with Gasteiger partial charge < -0.3 is 34.3 Å². The number of aliphatic hydroxyl groups excluding tert-OH is 1. The molecular weight excluding hydrogens is 672 g/mol. The normalized spacial score (nSPS) is 23.7. The predicted octanol–water partition coefficient (Wildman–Crippen LogP) is 8.74. The van der Waals surface area contributed by atoms with Crippen molar-refractivity contribution in [2.75, 3.05) is 0 Å². The van der Waals surface area contributed by atoms with E-state index in [1.54, 1.807) is 48.5 Å². The van der Waals surface area contributed by atoms with Crippen LogP contribution in [0.2, 0.25) is 0 Å². The number of aliphatic hydroxyl groups is 1. The summed E-state index contributed by atoms with van der Waals surface area (Å²) in [6.45, 7) is 4.13. The summed E-state index contributed by atoms with van der Waals surface area (Å²) in [5.74, 6) is -0.318. The monoisotopic (exact) mass is 722 g/mol. The SMILES string of the molecule is CCCC1CC(CC(O)CCCC2CC(CC)OC(c3cc(C(=O)c4ccccc4)ccc3O)O2)OC(c2cc(C(=O)c3ccccc3)ccc2O)O1. The molecule has 2 heterocycles. The van der Waals surface area contributed by atoms with Crippen LogP contribution in [0, 0.1) is 0 Å². The second-order valence-corrected chi connectivity index (χ2v) is 14.1. The Hall–Kier alpha value is -4.38. The Morgan fingerprint density at radius 2 is 1.09 bits per heavy atom. The molecule has 0 saturated carbocycles. The second kappa shape index (κ2) is 18.1. The van der Waals surface area contributed by atoms with E-state index in [9.17, 15) is 24.9 Å². The molecule has 9 nitrogen and oxygen atoms in total. The lowest BCUT2D eigenvalue weighted by Crippen LogP contribution is -2.36. The van der Waals surface area contributed by atoms with Crippen molar-refractivity contribution < 1.29 is 43.9 Å². The molecule has 53 heavy (non-hydrogen) atoms. The lowest BCUT2D eigenvalue weighted by Gasteiger charge is -2.37. The number of phenolic OH excluding ortho intramolecular Hbond substituents is 2. The fraction of sp³-hybridized carbons (Fsp3) is 0.409. The number of hydrogen-bond acceptors (Lipinski definition) is 9. The van der Waals surface area contributed by atoms with Crippen molar-refractivity contribution in [1.82, 2.24) is 0 Å². The van der Waals surface area contributed by atoms with Crippen LogP contribution in [0.4, 0.5) is 0 Å². The van der Waals surface area contributed by atoms with Gasteiger partial charge in [0.05, 0.1) is 41.6 Å². The summed E-state index contributed by atoms with van der Waals surface area (Å²) in [5.41, 5.74) is 2.79. The highest BCUT2D eigenvalue weighted by Gasteiger charge is 2.35. The molecule has 7 atom stereocenters. The van der Waals surface area contributed by atoms with Gasteiger partial charge in [-0.1, -0.05) is 80.9 Å². The van der Waals surface area contributed by atoms with E-state index >= 15 is 0 Å². The maximum absolute atomic E-state index is 13.2. The quantitative estimate of drug-likeness (QED) is 0.103. The van der Waals surface area contributed by atoms with Gasteiger partial charge in [-0.3, -0.25) is 9.59 Å². The van der Waals surface area contributed by atoms with Crippen molar-refractivity contribution in [3.8, 4) is 11.5 Å². The fourth-order valence-corrected chi connectivity index (χ4v) is 7.26. The lowest BCUT2D eigenvalue weighted by atomic mass is 9.96. The van der Waals surface area contributed by atoms with Gasteiger partial charge in [-0.05, 0) is 74.9 Å². The zero-order valence-corrected chi connectivity index (χ0v) is 30.4. The molecule has 0 aromatic heterocycles. The Labute approximate surface area is 311 Å². The van der Waals surface area contributed by atoms with Crippen molar-refractivity contribution in [3.05, 3.63) is 130 Å². The third-order valence-corrected chi connectivity index (χ3v) is 10.1. The fourth-order valence-electron chi connectivity index (χ4n) is 7.26. The minimum atomic E-state index is -0.877. The van der Waals surface area contributed by atoms with Gasteiger partial charge in [0, 0.05) is 35.1 Å². The van der Waals surface area contributed by atoms with Gasteiger partial charge in [-0.15, -0.1) is 0 Å². The van der Waals surface area contributed by atoms with Gasteiger partial charge in [0.1, 0.15) is 11.5 Å². The number of carbonyl (C=O) groups is 2. The first-order valence-electron chi connectivity index (χ1n) is 18.9. The van der Waals surface area contributed by atoms with Gasteiger partial charge in [-0.25, -0.2) is 0 Å². The van der Waals surface area contributed by atoms with Gasteiger partial charge in [-0.2, -0.15) is 0 Å². The topological polar surface area (TPSA) is 132 Å². The molecule has 7 unspecified atom stereocenters. The molecule has 280 valence electrons. The molecule has 9 heteroatoms. The van der Waals surface area contributed by atoms with Gasteiger partial charge >= 0.3 is 0 Å². The number of ether oxygens (including phenoxy) is 4. The van der Waals surface area contributed by atoms with Crippen LogP contribution >= 0.6 is 0 Å². The first-order valence-corrected chi connectivity index (χ1v) is 18.9. The molecule has 0 bridgehead atoms. The highest BCUT2D eigenvalue weighted by molar-refractivity contribution is 6.09. The molecule has 2 aliphatic rings. The van der Waals surface area contributed by atoms with Gasteiger partial charge in [0.2, 0.25) is 0 Å². The van der Waals surface area contributed by atoms with E-state index in [0.717, 1.165) is 19.3 Å². The Morgan fingerprint density at radius 1 is 0.623 bits per heavy atom. The molecule has 2 aliphatic heterocycles. The third-order valence-electron chi connectivity index (χ3n) is 10.1. The van der Waals surface area contributed by atoms with Crippen molar-refractivity contribution >= 4 is 11.6 Å². The highest BCUT2D eigenvalue weighted by Crippen LogP contribution is 2.39. The predicted molar refractivity (Wildman–Crippen MR) is 200 cm³/mol. The summed E-state index contributed by atoms with van der Waals surface area (Å²) in [4.78, 5) is 26.3. The summed E-state index contributed by atoms with van der Waals surface area (Å²) in [6, 6.07) is 27.5. The van der Waals surface area contributed by atoms with E-state index in [-0.39, 0.29) is 47.5 Å². The first-order chi connectivity index (χ1) is 25.7. The van der Waals surface area contributed by atoms with Crippen molar-refractivity contribution in [1.29, 1.82) is 0 Å². The Kier molecular flexibility index (Phi) is 13.1. The van der Waals surface area contributed by atoms with Crippen molar-refractivity contribution in [2.45, 2.75) is 115 Å². The van der Waals surface area contributed by atoms with Crippen LogP contribution in [0.25, 0.3) is 0 Å². The number of phenols is 2. The number of rotatable bonds is 15. The standard InChI is InChI=1S/C44H50O9/c1-3-12-34-27-36(53-44(51-34)38-24-31(20-22-40(38)47)42(49)29-15-9-6-10-16-29)25-32(45)17-11-18-35-26-33(4-2)50-43(52-35)37-23-30(19-21-39(37)46)41(48)28-13-7-5-8-14-28/h5-10,13-16,19-24,32-36,43-47H,3-4,11-12,17-18,25-27H2,1-2H3. The first kappa shape index (κ1) is 38.3. The average molecular weight is 723 g/mol. The molecule has 6 rings (SSSR count). The van der Waals surface area contributed by atoms with Crippen LogP contribution in [-0.2, 0) is 18.9 Å². The van der Waals surface area contributed by atoms with Crippen LogP contribution in [0.3, 0.4) is 0 Å². The molecule has 0 radical (unpaired) electrons. The molecule has 0 aliphatic carbocycles. The molecular formula is C44H50O9. The largest absolute Gasteiger partial charge is 0.507 e. The van der Waals surface area contributed by atoms with E-state index in [1.165, 1.54) is 12.1 Å². The van der Waals surface area contributed by atoms with Crippen LogP contribution in [-0.4, -0.2) is 57.4 Å². The highest BCUT2D eigenvalue weighted by atomic mass is 16.7. The zero-order valence-electron chi connectivity index (χ0n) is 30.4. The molecule has 0 spiro atoms. The van der Waals surface area contributed by atoms with Gasteiger partial charge in [0.15, 0.2) is 24.1 Å². The van der Waals surface area contributed by atoms with E-state index < -0.39 is 18.7 Å². The molecule has 4 aromatic rings. The van der Waals surface area contributed by atoms with E-state index in [2.05, 4.69) is 6.92 Å². The summed E-state index contributed by atoms with van der Waals surface area (Å²) < 4.78 is 25.2. The molecule has 3 N–H and O–H groups in total. The number of aromatic hydroxyl groups is 2. The van der Waals surface area contributed by atoms with Crippen LogP contribution in [0.15, 0.2) is 97.1 Å². The maximum atomic E-state index is 13.2. The minimum Gasteiger partial charge on any atom is -0.507 e. The second-order valence-electron chi connectivity index (χ2n) is 14.1. The molecule has 4 aromatic carbocycles. The van der Waals surface area contributed by atoms with Gasteiger partial charge in [0.25, 0.3) is 0 Å².